The van der Waals surface area contributed by atoms with Gasteiger partial charge in [-0.25, -0.2) is 0 Å². The van der Waals surface area contributed by atoms with Gasteiger partial charge in [-0.15, -0.1) is 11.6 Å². The van der Waals surface area contributed by atoms with Crippen LogP contribution in [0.4, 0.5) is 0 Å². The minimum Gasteiger partial charge on any atom is -0.356 e. The van der Waals surface area contributed by atoms with Gasteiger partial charge >= 0.3 is 0 Å². The predicted octanol–water partition coefficient (Wildman–Crippen LogP) is 3.58. The van der Waals surface area contributed by atoms with E-state index in [1.165, 1.54) is 25.7 Å². The molecule has 0 spiro atoms. The number of hydrogen-bond donors (Lipinski definition) is 1. The van der Waals surface area contributed by atoms with Gasteiger partial charge in [-0.2, -0.15) is 0 Å². The van der Waals surface area contributed by atoms with Crippen molar-refractivity contribution >= 4 is 17.5 Å². The number of carbonyl (C=O) groups excluding carboxylic acids is 1. The van der Waals surface area contributed by atoms with E-state index in [1.54, 1.807) is 0 Å². The normalized spacial score (nSPS) is 31.6. The molecule has 1 amide bonds. The monoisotopic (exact) mass is 271 g/mol. The van der Waals surface area contributed by atoms with E-state index in [2.05, 4.69) is 12.2 Å². The van der Waals surface area contributed by atoms with Crippen LogP contribution in [0.1, 0.15) is 51.9 Å². The summed E-state index contributed by atoms with van der Waals surface area (Å²) in [6.45, 7) is 2.97. The predicted molar refractivity (Wildman–Crippen MR) is 75.7 cm³/mol. The highest BCUT2D eigenvalue weighted by Gasteiger charge is 2.39. The Morgan fingerprint density at radius 2 is 2.22 bits per heavy atom. The van der Waals surface area contributed by atoms with Gasteiger partial charge in [0.05, 0.1) is 0 Å². The van der Waals surface area contributed by atoms with E-state index in [1.807, 2.05) is 0 Å². The molecule has 2 fully saturated rings. The summed E-state index contributed by atoms with van der Waals surface area (Å²) in [6.07, 6.45) is 8.34. The molecule has 104 valence electrons. The summed E-state index contributed by atoms with van der Waals surface area (Å²) in [5.41, 5.74) is 0. The molecule has 2 bridgehead atoms. The quantitative estimate of drug-likeness (QED) is 0.705. The molecule has 2 rings (SSSR count). The Labute approximate surface area is 116 Å². The van der Waals surface area contributed by atoms with Gasteiger partial charge in [0.25, 0.3) is 0 Å². The van der Waals surface area contributed by atoms with Gasteiger partial charge in [0.1, 0.15) is 0 Å². The summed E-state index contributed by atoms with van der Waals surface area (Å²) in [5.74, 6) is 3.97. The smallest absolute Gasteiger partial charge is 0.220 e. The Bertz CT molecular complexity index is 282. The number of rotatable bonds is 7. The van der Waals surface area contributed by atoms with E-state index < -0.39 is 0 Å². The fourth-order valence-corrected chi connectivity index (χ4v) is 4.11. The summed E-state index contributed by atoms with van der Waals surface area (Å²) in [5, 5.41) is 3.11. The van der Waals surface area contributed by atoms with Crippen LogP contribution < -0.4 is 5.32 Å². The molecule has 1 N–H and O–H groups in total. The van der Waals surface area contributed by atoms with Crippen molar-refractivity contribution in [3.05, 3.63) is 0 Å². The Morgan fingerprint density at radius 1 is 1.39 bits per heavy atom. The van der Waals surface area contributed by atoms with Gasteiger partial charge < -0.3 is 5.32 Å². The molecule has 3 heteroatoms. The van der Waals surface area contributed by atoms with Crippen molar-refractivity contribution in [2.24, 2.45) is 23.7 Å². The van der Waals surface area contributed by atoms with Gasteiger partial charge in [-0.1, -0.05) is 19.8 Å². The molecule has 4 atom stereocenters. The Morgan fingerprint density at radius 3 is 2.78 bits per heavy atom. The second kappa shape index (κ2) is 6.79. The number of carbonyl (C=O) groups is 1. The maximum Gasteiger partial charge on any atom is 0.220 e. The lowest BCUT2D eigenvalue weighted by Gasteiger charge is -2.21. The highest BCUT2D eigenvalue weighted by atomic mass is 35.5. The van der Waals surface area contributed by atoms with Crippen LogP contribution in [-0.4, -0.2) is 18.3 Å². The van der Waals surface area contributed by atoms with Crippen molar-refractivity contribution in [2.75, 3.05) is 12.4 Å². The van der Waals surface area contributed by atoms with Crippen LogP contribution in [0.3, 0.4) is 0 Å². The standard InChI is InChI=1S/C15H26ClNO/c1-2-11(5-6-16)10-17-15(18)9-14-8-12-3-4-13(14)7-12/h11-14H,2-10H2,1H3,(H,17,18). The molecule has 4 unspecified atom stereocenters. The Kier molecular flexibility index (Phi) is 5.35. The van der Waals surface area contributed by atoms with E-state index in [9.17, 15) is 4.79 Å². The van der Waals surface area contributed by atoms with Crippen molar-refractivity contribution in [3.63, 3.8) is 0 Å². The summed E-state index contributed by atoms with van der Waals surface area (Å²) < 4.78 is 0. The third kappa shape index (κ3) is 3.63. The molecule has 0 aliphatic heterocycles. The molecule has 2 aliphatic carbocycles. The van der Waals surface area contributed by atoms with Gasteiger partial charge in [-0.05, 0) is 49.4 Å². The molecule has 2 nitrogen and oxygen atoms in total. The number of fused-ring (bicyclic) bond motifs is 2. The molecule has 2 saturated carbocycles. The third-order valence-corrected chi connectivity index (χ3v) is 5.23. The van der Waals surface area contributed by atoms with Gasteiger partial charge in [0.2, 0.25) is 5.91 Å². The van der Waals surface area contributed by atoms with Crippen molar-refractivity contribution < 1.29 is 4.79 Å². The van der Waals surface area contributed by atoms with E-state index in [0.717, 1.165) is 37.6 Å². The molecule has 0 aromatic heterocycles. The first-order valence-corrected chi connectivity index (χ1v) is 8.09. The van der Waals surface area contributed by atoms with Crippen molar-refractivity contribution in [1.82, 2.24) is 5.32 Å². The SMILES string of the molecule is CCC(CCCl)CNC(=O)CC1CC2CCC1C2. The Hall–Kier alpha value is -0.240. The molecule has 0 aromatic carbocycles. The number of halogens is 1. The van der Waals surface area contributed by atoms with Crippen LogP contribution in [0.5, 0.6) is 0 Å². The topological polar surface area (TPSA) is 29.1 Å². The summed E-state index contributed by atoms with van der Waals surface area (Å²) in [6, 6.07) is 0. The Balaban J connectivity index is 1.66. The average molecular weight is 272 g/mol. The van der Waals surface area contributed by atoms with Crippen LogP contribution in [0.15, 0.2) is 0 Å². The highest BCUT2D eigenvalue weighted by molar-refractivity contribution is 6.17. The zero-order chi connectivity index (χ0) is 13.0. The van der Waals surface area contributed by atoms with Crippen molar-refractivity contribution in [1.29, 1.82) is 0 Å². The largest absolute Gasteiger partial charge is 0.356 e. The molecule has 2 aliphatic rings. The van der Waals surface area contributed by atoms with Gasteiger partial charge in [0.15, 0.2) is 0 Å². The van der Waals surface area contributed by atoms with E-state index in [-0.39, 0.29) is 5.91 Å². The number of hydrogen-bond acceptors (Lipinski definition) is 1. The number of nitrogens with one attached hydrogen (secondary N) is 1. The van der Waals surface area contributed by atoms with Crippen LogP contribution in [-0.2, 0) is 4.79 Å². The van der Waals surface area contributed by atoms with E-state index >= 15 is 0 Å². The second-order valence-corrected chi connectivity index (χ2v) is 6.57. The maximum atomic E-state index is 12.0. The highest BCUT2D eigenvalue weighted by Crippen LogP contribution is 2.49. The zero-order valence-electron chi connectivity index (χ0n) is 11.5. The maximum absolute atomic E-state index is 12.0. The molecule has 0 aromatic rings. The third-order valence-electron chi connectivity index (χ3n) is 5.01. The number of alkyl halides is 1. The molecule has 0 heterocycles. The lowest BCUT2D eigenvalue weighted by atomic mass is 9.86. The molecular weight excluding hydrogens is 246 g/mol. The second-order valence-electron chi connectivity index (χ2n) is 6.20. The average Bonchev–Trinajstić information content (AvgIpc) is 2.96. The molecule has 0 saturated heterocycles. The summed E-state index contributed by atoms with van der Waals surface area (Å²) in [4.78, 5) is 12.0. The van der Waals surface area contributed by atoms with Crippen LogP contribution in [0.25, 0.3) is 0 Å². The van der Waals surface area contributed by atoms with Crippen LogP contribution in [0.2, 0.25) is 0 Å². The molecule has 0 radical (unpaired) electrons. The van der Waals surface area contributed by atoms with E-state index in [0.29, 0.717) is 17.7 Å². The fraction of sp³-hybridized carbons (Fsp3) is 0.933. The first-order chi connectivity index (χ1) is 8.72. The van der Waals surface area contributed by atoms with Gasteiger partial charge in [-0.3, -0.25) is 4.79 Å². The first kappa shape index (κ1) is 14.2. The fourth-order valence-electron chi connectivity index (χ4n) is 3.80. The lowest BCUT2D eigenvalue weighted by molar-refractivity contribution is -0.122. The zero-order valence-corrected chi connectivity index (χ0v) is 12.2. The van der Waals surface area contributed by atoms with Crippen molar-refractivity contribution in [2.45, 2.75) is 51.9 Å². The van der Waals surface area contributed by atoms with E-state index in [4.69, 9.17) is 11.6 Å². The first-order valence-electron chi connectivity index (χ1n) is 7.55. The summed E-state index contributed by atoms with van der Waals surface area (Å²) in [7, 11) is 0. The minimum atomic E-state index is 0.264. The van der Waals surface area contributed by atoms with Crippen LogP contribution >= 0.6 is 11.6 Å². The minimum absolute atomic E-state index is 0.264. The number of amides is 1. The van der Waals surface area contributed by atoms with Gasteiger partial charge in [0, 0.05) is 18.8 Å². The molecule has 18 heavy (non-hydrogen) atoms. The van der Waals surface area contributed by atoms with Crippen LogP contribution in [0, 0.1) is 23.7 Å². The lowest BCUT2D eigenvalue weighted by Crippen LogP contribution is -2.31. The van der Waals surface area contributed by atoms with Crippen molar-refractivity contribution in [3.8, 4) is 0 Å². The summed E-state index contributed by atoms with van der Waals surface area (Å²) >= 11 is 5.76. The molecular formula is C15H26ClNO.